The van der Waals surface area contributed by atoms with Crippen LogP contribution in [-0.4, -0.2) is 18.6 Å². The summed E-state index contributed by atoms with van der Waals surface area (Å²) in [5.41, 5.74) is 0.851. The zero-order valence-corrected chi connectivity index (χ0v) is 14.0. The lowest BCUT2D eigenvalue weighted by Gasteiger charge is -2.07. The molecule has 5 nitrogen and oxygen atoms in total. The molecule has 2 aromatic rings. The van der Waals surface area contributed by atoms with Gasteiger partial charge in [0.1, 0.15) is 4.90 Å². The average molecular weight is 379 g/mol. The van der Waals surface area contributed by atoms with Crippen LogP contribution in [0.1, 0.15) is 25.5 Å². The molecule has 0 aliphatic rings. The third-order valence-electron chi connectivity index (χ3n) is 2.64. The number of sulfonamides is 1. The van der Waals surface area contributed by atoms with Crippen LogP contribution in [0.2, 0.25) is 5.02 Å². The van der Waals surface area contributed by atoms with Crippen LogP contribution in [0.25, 0.3) is 0 Å². The van der Waals surface area contributed by atoms with E-state index in [2.05, 4.69) is 30.8 Å². The maximum Gasteiger partial charge on any atom is 0.264 e. The van der Waals surface area contributed by atoms with Gasteiger partial charge in [-0.3, -0.25) is 9.82 Å². The molecule has 0 bridgehead atoms. The lowest BCUT2D eigenvalue weighted by molar-refractivity contribution is 0.601. The van der Waals surface area contributed by atoms with Crippen molar-refractivity contribution < 1.29 is 8.42 Å². The Balaban J connectivity index is 2.30. The van der Waals surface area contributed by atoms with Gasteiger partial charge < -0.3 is 0 Å². The summed E-state index contributed by atoms with van der Waals surface area (Å²) in [4.78, 5) is 0.0106. The third-order valence-corrected chi connectivity index (χ3v) is 4.97. The second-order valence-electron chi connectivity index (χ2n) is 4.54. The van der Waals surface area contributed by atoms with E-state index >= 15 is 0 Å². The highest BCUT2D eigenvalue weighted by Gasteiger charge is 2.19. The van der Waals surface area contributed by atoms with E-state index in [4.69, 9.17) is 11.6 Å². The van der Waals surface area contributed by atoms with Gasteiger partial charge >= 0.3 is 0 Å². The van der Waals surface area contributed by atoms with Crippen molar-refractivity contribution in [1.29, 1.82) is 0 Å². The molecule has 8 heteroatoms. The quantitative estimate of drug-likeness (QED) is 0.851. The van der Waals surface area contributed by atoms with Crippen LogP contribution in [0.15, 0.2) is 33.6 Å². The van der Waals surface area contributed by atoms with E-state index in [0.29, 0.717) is 4.47 Å². The van der Waals surface area contributed by atoms with Gasteiger partial charge in [-0.25, -0.2) is 8.42 Å². The predicted octanol–water partition coefficient (Wildman–Crippen LogP) is 3.75. The van der Waals surface area contributed by atoms with Gasteiger partial charge in [0, 0.05) is 16.2 Å². The van der Waals surface area contributed by atoms with Crippen LogP contribution in [0.4, 0.5) is 5.82 Å². The number of hydrogen-bond donors (Lipinski definition) is 2. The summed E-state index contributed by atoms with van der Waals surface area (Å²) in [6.07, 6.45) is 0. The summed E-state index contributed by atoms with van der Waals surface area (Å²) in [6, 6.07) is 6.24. The lowest BCUT2D eigenvalue weighted by Crippen LogP contribution is -2.13. The second-order valence-corrected chi connectivity index (χ2v) is 7.52. The maximum absolute atomic E-state index is 12.2. The monoisotopic (exact) mass is 377 g/mol. The SMILES string of the molecule is CC(C)c1cc(NS(=O)(=O)c2ccc(Br)cc2Cl)n[nH]1. The van der Waals surface area contributed by atoms with Crippen LogP contribution in [0, 0.1) is 0 Å². The molecule has 1 aromatic carbocycles. The summed E-state index contributed by atoms with van der Waals surface area (Å²) < 4.78 is 27.6. The molecule has 0 amide bonds. The summed E-state index contributed by atoms with van der Waals surface area (Å²) in [5, 5.41) is 6.86. The molecule has 2 rings (SSSR count). The summed E-state index contributed by atoms with van der Waals surface area (Å²) in [6.45, 7) is 3.97. The van der Waals surface area contributed by atoms with E-state index in [1.54, 1.807) is 12.1 Å². The standard InChI is InChI=1S/C12H13BrClN3O2S/c1-7(2)10-6-12(16-15-10)17-20(18,19)11-4-3-8(13)5-9(11)14/h3-7H,1-2H3,(H2,15,16,17). The molecular weight excluding hydrogens is 366 g/mol. The van der Waals surface area contributed by atoms with Crippen LogP contribution >= 0.6 is 27.5 Å². The van der Waals surface area contributed by atoms with Gasteiger partial charge in [-0.2, -0.15) is 5.10 Å². The number of H-pyrrole nitrogens is 1. The fraction of sp³-hybridized carbons (Fsp3) is 0.250. The molecule has 0 atom stereocenters. The minimum absolute atomic E-state index is 0.0106. The molecule has 0 radical (unpaired) electrons. The molecule has 0 saturated heterocycles. The topological polar surface area (TPSA) is 74.8 Å². The van der Waals surface area contributed by atoms with E-state index in [1.165, 1.54) is 12.1 Å². The Kier molecular flexibility index (Phi) is 4.41. The second kappa shape index (κ2) is 5.75. The molecule has 1 aromatic heterocycles. The molecule has 0 aliphatic heterocycles. The van der Waals surface area contributed by atoms with Gasteiger partial charge in [0.25, 0.3) is 10.0 Å². The van der Waals surface area contributed by atoms with E-state index in [-0.39, 0.29) is 21.7 Å². The molecule has 2 N–H and O–H groups in total. The van der Waals surface area contributed by atoms with Crippen molar-refractivity contribution >= 4 is 43.4 Å². The first-order valence-corrected chi connectivity index (χ1v) is 8.48. The molecule has 0 spiro atoms. The highest BCUT2D eigenvalue weighted by atomic mass is 79.9. The van der Waals surface area contributed by atoms with Crippen LogP contribution < -0.4 is 4.72 Å². The Morgan fingerprint density at radius 2 is 2.05 bits per heavy atom. The molecule has 0 unspecified atom stereocenters. The van der Waals surface area contributed by atoms with E-state index in [9.17, 15) is 8.42 Å². The molecule has 0 saturated carbocycles. The van der Waals surface area contributed by atoms with Crippen LogP contribution in [-0.2, 0) is 10.0 Å². The molecule has 0 aliphatic carbocycles. The van der Waals surface area contributed by atoms with Crippen molar-refractivity contribution in [2.75, 3.05) is 4.72 Å². The largest absolute Gasteiger partial charge is 0.280 e. The molecule has 1 heterocycles. The summed E-state index contributed by atoms with van der Waals surface area (Å²) in [7, 11) is -3.76. The fourth-order valence-corrected chi connectivity index (χ4v) is 3.60. The Morgan fingerprint density at radius 3 is 2.60 bits per heavy atom. The van der Waals surface area contributed by atoms with Gasteiger partial charge in [-0.15, -0.1) is 0 Å². The van der Waals surface area contributed by atoms with Crippen molar-refractivity contribution in [3.8, 4) is 0 Å². The zero-order chi connectivity index (χ0) is 14.9. The number of halogens is 2. The minimum Gasteiger partial charge on any atom is -0.280 e. The summed E-state index contributed by atoms with van der Waals surface area (Å²) in [5.74, 6) is 0.477. The first kappa shape index (κ1) is 15.3. The van der Waals surface area contributed by atoms with E-state index in [1.807, 2.05) is 13.8 Å². The highest BCUT2D eigenvalue weighted by molar-refractivity contribution is 9.10. The third kappa shape index (κ3) is 3.34. The van der Waals surface area contributed by atoms with Crippen LogP contribution in [0.3, 0.4) is 0 Å². The number of aromatic nitrogens is 2. The fourth-order valence-electron chi connectivity index (χ4n) is 1.57. The number of aromatic amines is 1. The van der Waals surface area contributed by atoms with E-state index < -0.39 is 10.0 Å². The van der Waals surface area contributed by atoms with Crippen molar-refractivity contribution in [3.63, 3.8) is 0 Å². The predicted molar refractivity (Wildman–Crippen MR) is 82.6 cm³/mol. The van der Waals surface area contributed by atoms with Gasteiger partial charge in [0.05, 0.1) is 5.02 Å². The number of benzene rings is 1. The average Bonchev–Trinajstić information content (AvgIpc) is 2.76. The van der Waals surface area contributed by atoms with Crippen molar-refractivity contribution in [2.24, 2.45) is 0 Å². The minimum atomic E-state index is -3.76. The first-order valence-electron chi connectivity index (χ1n) is 5.83. The number of hydrogen-bond acceptors (Lipinski definition) is 3. The van der Waals surface area contributed by atoms with Crippen molar-refractivity contribution in [1.82, 2.24) is 10.2 Å². The van der Waals surface area contributed by atoms with Gasteiger partial charge in [-0.05, 0) is 24.1 Å². The van der Waals surface area contributed by atoms with Crippen molar-refractivity contribution in [2.45, 2.75) is 24.7 Å². The first-order chi connectivity index (χ1) is 9.29. The van der Waals surface area contributed by atoms with E-state index in [0.717, 1.165) is 5.69 Å². The molecular formula is C12H13BrClN3O2S. The summed E-state index contributed by atoms with van der Waals surface area (Å²) >= 11 is 9.19. The molecule has 20 heavy (non-hydrogen) atoms. The normalized spacial score (nSPS) is 11.8. The zero-order valence-electron chi connectivity index (χ0n) is 10.8. The number of nitrogens with one attached hydrogen (secondary N) is 2. The molecule has 108 valence electrons. The highest BCUT2D eigenvalue weighted by Crippen LogP contribution is 2.27. The number of anilines is 1. The van der Waals surface area contributed by atoms with Crippen LogP contribution in [0.5, 0.6) is 0 Å². The Labute approximate surface area is 130 Å². The smallest absolute Gasteiger partial charge is 0.264 e. The van der Waals surface area contributed by atoms with Crippen molar-refractivity contribution in [3.05, 3.63) is 39.5 Å². The Hall–Kier alpha value is -1.05. The maximum atomic E-state index is 12.2. The van der Waals surface area contributed by atoms with Gasteiger partial charge in [0.15, 0.2) is 5.82 Å². The van der Waals surface area contributed by atoms with Gasteiger partial charge in [-0.1, -0.05) is 41.4 Å². The Morgan fingerprint density at radius 1 is 1.35 bits per heavy atom. The number of rotatable bonds is 4. The number of nitrogens with zero attached hydrogens (tertiary/aromatic N) is 1. The molecule has 0 fully saturated rings. The van der Waals surface area contributed by atoms with Gasteiger partial charge in [0.2, 0.25) is 0 Å². The Bertz CT molecular complexity index is 728. The lowest BCUT2D eigenvalue weighted by atomic mass is 10.1.